The first-order valence-electron chi connectivity index (χ1n) is 6.45. The van der Waals surface area contributed by atoms with Crippen molar-refractivity contribution < 1.29 is 27.5 Å². The third kappa shape index (κ3) is 3.17. The summed E-state index contributed by atoms with van der Waals surface area (Å²) in [4.78, 5) is 24.9. The lowest BCUT2D eigenvalue weighted by Gasteiger charge is -2.30. The van der Waals surface area contributed by atoms with Gasteiger partial charge in [0.2, 0.25) is 0 Å². The van der Waals surface area contributed by atoms with E-state index >= 15 is 0 Å². The molecule has 0 N–H and O–H groups in total. The number of amides is 1. The monoisotopic (exact) mass is 301 g/mol. The van der Waals surface area contributed by atoms with Crippen LogP contribution in [0, 0.1) is 23.4 Å². The highest BCUT2D eigenvalue weighted by molar-refractivity contribution is 5.94. The van der Waals surface area contributed by atoms with Crippen molar-refractivity contribution in [3.8, 4) is 0 Å². The van der Waals surface area contributed by atoms with Crippen LogP contribution in [0.1, 0.15) is 23.2 Å². The fraction of sp³-hybridized carbons (Fsp3) is 0.429. The van der Waals surface area contributed by atoms with E-state index in [-0.39, 0.29) is 30.5 Å². The van der Waals surface area contributed by atoms with Gasteiger partial charge in [-0.2, -0.15) is 0 Å². The molecule has 0 radical (unpaired) electrons. The zero-order valence-corrected chi connectivity index (χ0v) is 11.4. The maximum atomic E-state index is 13.1. The second kappa shape index (κ2) is 6.15. The van der Waals surface area contributed by atoms with E-state index in [1.807, 2.05) is 0 Å². The molecule has 1 amide bonds. The minimum Gasteiger partial charge on any atom is -0.469 e. The number of hydrogen-bond donors (Lipinski definition) is 0. The number of piperidine rings is 1. The highest BCUT2D eigenvalue weighted by atomic mass is 19.2. The van der Waals surface area contributed by atoms with Crippen LogP contribution in [0.15, 0.2) is 12.1 Å². The summed E-state index contributed by atoms with van der Waals surface area (Å²) in [6, 6.07) is 1.35. The highest BCUT2D eigenvalue weighted by Gasteiger charge is 2.29. The van der Waals surface area contributed by atoms with Crippen LogP contribution in [-0.4, -0.2) is 37.0 Å². The summed E-state index contributed by atoms with van der Waals surface area (Å²) >= 11 is 0. The fourth-order valence-corrected chi connectivity index (χ4v) is 2.35. The molecule has 0 spiro atoms. The number of nitrogens with zero attached hydrogens (tertiary/aromatic N) is 1. The number of ether oxygens (including phenoxy) is 1. The van der Waals surface area contributed by atoms with Gasteiger partial charge in [-0.3, -0.25) is 9.59 Å². The summed E-state index contributed by atoms with van der Waals surface area (Å²) < 4.78 is 43.8. The van der Waals surface area contributed by atoms with Gasteiger partial charge < -0.3 is 9.64 Å². The van der Waals surface area contributed by atoms with Crippen molar-refractivity contribution in [2.24, 2.45) is 5.92 Å². The molecule has 0 saturated carbocycles. The van der Waals surface area contributed by atoms with Gasteiger partial charge >= 0.3 is 5.97 Å². The molecule has 4 nitrogen and oxygen atoms in total. The van der Waals surface area contributed by atoms with Crippen molar-refractivity contribution >= 4 is 11.9 Å². The van der Waals surface area contributed by atoms with Crippen LogP contribution in [0.3, 0.4) is 0 Å². The summed E-state index contributed by atoms with van der Waals surface area (Å²) in [5, 5.41) is 0. The van der Waals surface area contributed by atoms with Crippen LogP contribution < -0.4 is 0 Å². The zero-order valence-electron chi connectivity index (χ0n) is 11.4. The zero-order chi connectivity index (χ0) is 15.6. The number of rotatable bonds is 2. The molecule has 1 saturated heterocycles. The Balaban J connectivity index is 2.07. The molecule has 7 heteroatoms. The first-order chi connectivity index (χ1) is 9.93. The smallest absolute Gasteiger partial charge is 0.308 e. The van der Waals surface area contributed by atoms with Gasteiger partial charge in [0.15, 0.2) is 17.5 Å². The van der Waals surface area contributed by atoms with Gasteiger partial charge in [0, 0.05) is 18.7 Å². The molecule has 1 aliphatic rings. The standard InChI is InChI=1S/C14H14F3NO3/c1-21-14(20)8-2-4-18(5-3-8)13(19)9-6-10(15)12(17)11(16)7-9/h6-8H,2-5H2,1H3. The Morgan fingerprint density at radius 1 is 1.14 bits per heavy atom. The number of carbonyl (C=O) groups excluding carboxylic acids is 2. The molecule has 2 rings (SSSR count). The molecule has 1 fully saturated rings. The van der Waals surface area contributed by atoms with Crippen LogP contribution in [0.5, 0.6) is 0 Å². The Bertz CT molecular complexity index is 546. The SMILES string of the molecule is COC(=O)C1CCN(C(=O)c2cc(F)c(F)c(F)c2)CC1. The summed E-state index contributed by atoms with van der Waals surface area (Å²) in [7, 11) is 1.30. The average molecular weight is 301 g/mol. The van der Waals surface area contributed by atoms with Crippen molar-refractivity contribution in [1.29, 1.82) is 0 Å². The Labute approximate surface area is 119 Å². The number of carbonyl (C=O) groups is 2. The number of esters is 1. The third-order valence-corrected chi connectivity index (χ3v) is 3.55. The Morgan fingerprint density at radius 2 is 1.67 bits per heavy atom. The minimum atomic E-state index is -1.60. The lowest BCUT2D eigenvalue weighted by atomic mass is 9.96. The number of halogens is 3. The van der Waals surface area contributed by atoms with Crippen LogP contribution in [0.2, 0.25) is 0 Å². The number of benzene rings is 1. The van der Waals surface area contributed by atoms with Crippen LogP contribution in [0.4, 0.5) is 13.2 Å². The Hall–Kier alpha value is -2.05. The van der Waals surface area contributed by atoms with E-state index < -0.39 is 23.4 Å². The van der Waals surface area contributed by atoms with Crippen molar-refractivity contribution in [2.45, 2.75) is 12.8 Å². The normalized spacial score (nSPS) is 15.9. The van der Waals surface area contributed by atoms with Crippen molar-refractivity contribution in [3.05, 3.63) is 35.1 Å². The van der Waals surface area contributed by atoms with Crippen LogP contribution in [-0.2, 0) is 9.53 Å². The lowest BCUT2D eigenvalue weighted by molar-refractivity contribution is -0.146. The van der Waals surface area contributed by atoms with E-state index in [9.17, 15) is 22.8 Å². The van der Waals surface area contributed by atoms with E-state index in [4.69, 9.17) is 0 Å². The van der Waals surface area contributed by atoms with E-state index in [1.165, 1.54) is 12.0 Å². The molecule has 1 heterocycles. The fourth-order valence-electron chi connectivity index (χ4n) is 2.35. The first kappa shape index (κ1) is 15.3. The van der Waals surface area contributed by atoms with Crippen molar-refractivity contribution in [2.75, 3.05) is 20.2 Å². The topological polar surface area (TPSA) is 46.6 Å². The summed E-state index contributed by atoms with van der Waals surface area (Å²) in [6.45, 7) is 0.554. The predicted octanol–water partition coefficient (Wildman–Crippen LogP) is 2.13. The number of likely N-dealkylation sites (tertiary alicyclic amines) is 1. The van der Waals surface area contributed by atoms with Gasteiger partial charge in [-0.05, 0) is 25.0 Å². The molecule has 0 aromatic heterocycles. The van der Waals surface area contributed by atoms with Gasteiger partial charge in [-0.15, -0.1) is 0 Å². The van der Waals surface area contributed by atoms with Gasteiger partial charge in [-0.25, -0.2) is 13.2 Å². The Morgan fingerprint density at radius 3 is 2.14 bits per heavy atom. The lowest BCUT2D eigenvalue weighted by Crippen LogP contribution is -2.40. The molecule has 1 aromatic rings. The molecule has 0 bridgehead atoms. The average Bonchev–Trinajstić information content (AvgIpc) is 2.50. The molecule has 1 aliphatic heterocycles. The van der Waals surface area contributed by atoms with E-state index in [1.54, 1.807) is 0 Å². The molecule has 0 unspecified atom stereocenters. The predicted molar refractivity (Wildman–Crippen MR) is 67.0 cm³/mol. The van der Waals surface area contributed by atoms with Crippen LogP contribution in [0.25, 0.3) is 0 Å². The minimum absolute atomic E-state index is 0.247. The van der Waals surface area contributed by atoms with E-state index in [0.29, 0.717) is 25.0 Å². The van der Waals surface area contributed by atoms with Crippen molar-refractivity contribution in [3.63, 3.8) is 0 Å². The molecule has 0 aliphatic carbocycles. The largest absolute Gasteiger partial charge is 0.469 e. The van der Waals surface area contributed by atoms with Crippen molar-refractivity contribution in [1.82, 2.24) is 4.90 Å². The molecular weight excluding hydrogens is 287 g/mol. The molecule has 21 heavy (non-hydrogen) atoms. The summed E-state index contributed by atoms with van der Waals surface area (Å²) in [5.41, 5.74) is -0.247. The number of hydrogen-bond acceptors (Lipinski definition) is 3. The molecular formula is C14H14F3NO3. The van der Waals surface area contributed by atoms with Gasteiger partial charge in [0.05, 0.1) is 13.0 Å². The van der Waals surface area contributed by atoms with Gasteiger partial charge in [-0.1, -0.05) is 0 Å². The third-order valence-electron chi connectivity index (χ3n) is 3.55. The molecule has 1 aromatic carbocycles. The second-order valence-corrected chi connectivity index (χ2v) is 4.84. The number of methoxy groups -OCH3 is 1. The van der Waals surface area contributed by atoms with E-state index in [0.717, 1.165) is 0 Å². The quantitative estimate of drug-likeness (QED) is 0.621. The summed E-state index contributed by atoms with van der Waals surface area (Å²) in [5.74, 6) is -5.60. The van der Waals surface area contributed by atoms with Gasteiger partial charge in [0.25, 0.3) is 5.91 Å². The van der Waals surface area contributed by atoms with Gasteiger partial charge in [0.1, 0.15) is 0 Å². The maximum Gasteiger partial charge on any atom is 0.308 e. The van der Waals surface area contributed by atoms with Crippen LogP contribution >= 0.6 is 0 Å². The molecule has 114 valence electrons. The first-order valence-corrected chi connectivity index (χ1v) is 6.45. The second-order valence-electron chi connectivity index (χ2n) is 4.84. The van der Waals surface area contributed by atoms with E-state index in [2.05, 4.69) is 4.74 Å². The maximum absolute atomic E-state index is 13.1. The summed E-state index contributed by atoms with van der Waals surface area (Å²) in [6.07, 6.45) is 0.842. The highest BCUT2D eigenvalue weighted by Crippen LogP contribution is 2.21. The Kier molecular flexibility index (Phi) is 4.50. The molecule has 0 atom stereocenters.